The lowest BCUT2D eigenvalue weighted by Gasteiger charge is -2.25. The molecule has 0 radical (unpaired) electrons. The molecule has 0 N–H and O–H groups in total. The topological polar surface area (TPSA) is 55.8 Å². The predicted octanol–water partition coefficient (Wildman–Crippen LogP) is 2.31. The van der Waals surface area contributed by atoms with Crippen LogP contribution in [0.25, 0.3) is 0 Å². The van der Waals surface area contributed by atoms with Gasteiger partial charge in [-0.05, 0) is 18.9 Å². The Morgan fingerprint density at radius 3 is 2.45 bits per heavy atom. The van der Waals surface area contributed by atoms with Crippen LogP contribution in [-0.4, -0.2) is 29.7 Å². The largest absolute Gasteiger partial charge is 0.456 e. The van der Waals surface area contributed by atoms with Crippen molar-refractivity contribution in [3.05, 3.63) is 35.9 Å². The first-order valence-corrected chi connectivity index (χ1v) is 7.24. The summed E-state index contributed by atoms with van der Waals surface area (Å²) in [6.45, 7) is 5.64. The Kier molecular flexibility index (Phi) is 7.73. The fourth-order valence-corrected chi connectivity index (χ4v) is 1.82. The van der Waals surface area contributed by atoms with Gasteiger partial charge in [0.25, 0.3) is 0 Å². The lowest BCUT2D eigenvalue weighted by atomic mass is 10.2. The maximum Gasteiger partial charge on any atom is 0.384 e. The highest BCUT2D eigenvalue weighted by atomic mass is 16.7. The molecule has 0 aliphatic rings. The minimum atomic E-state index is -0.580. The molecule has 0 heterocycles. The second kappa shape index (κ2) is 9.59. The van der Waals surface area contributed by atoms with Crippen LogP contribution in [0.2, 0.25) is 0 Å². The van der Waals surface area contributed by atoms with Gasteiger partial charge in [0.05, 0.1) is 13.2 Å². The van der Waals surface area contributed by atoms with Gasteiger partial charge in [-0.1, -0.05) is 43.2 Å². The van der Waals surface area contributed by atoms with Crippen molar-refractivity contribution in [3.8, 4) is 11.8 Å². The van der Waals surface area contributed by atoms with Gasteiger partial charge >= 0.3 is 11.9 Å². The van der Waals surface area contributed by atoms with E-state index in [1.54, 1.807) is 6.92 Å². The number of ether oxygens (including phenoxy) is 1. The van der Waals surface area contributed by atoms with Crippen molar-refractivity contribution in [3.63, 3.8) is 0 Å². The number of nitrogens with zero attached hydrogens (tertiary/aromatic N) is 1. The van der Waals surface area contributed by atoms with Gasteiger partial charge in [-0.2, -0.15) is 0 Å². The van der Waals surface area contributed by atoms with Gasteiger partial charge in [-0.15, -0.1) is 5.06 Å². The molecule has 0 bridgehead atoms. The fourth-order valence-electron chi connectivity index (χ4n) is 1.82. The van der Waals surface area contributed by atoms with Crippen molar-refractivity contribution in [2.24, 2.45) is 0 Å². The molecule has 1 aromatic carbocycles. The van der Waals surface area contributed by atoms with Crippen LogP contribution in [0, 0.1) is 11.8 Å². The Morgan fingerprint density at radius 1 is 1.23 bits per heavy atom. The lowest BCUT2D eigenvalue weighted by molar-refractivity contribution is -0.198. The van der Waals surface area contributed by atoms with E-state index in [4.69, 9.17) is 9.57 Å². The third-order valence-corrected chi connectivity index (χ3v) is 2.78. The Bertz CT molecular complexity index is 545. The summed E-state index contributed by atoms with van der Waals surface area (Å²) >= 11 is 0. The smallest absolute Gasteiger partial charge is 0.384 e. The summed E-state index contributed by atoms with van der Waals surface area (Å²) in [4.78, 5) is 27.9. The van der Waals surface area contributed by atoms with Crippen LogP contribution in [0.15, 0.2) is 30.3 Å². The van der Waals surface area contributed by atoms with Crippen LogP contribution < -0.4 is 0 Å². The number of hydrogen-bond acceptors (Lipinski definition) is 5. The van der Waals surface area contributed by atoms with Crippen LogP contribution in [0.1, 0.15) is 32.8 Å². The molecule has 0 aliphatic carbocycles. The molecule has 1 atom stereocenters. The predicted molar refractivity (Wildman–Crippen MR) is 82.2 cm³/mol. The molecule has 0 saturated heterocycles. The molecule has 0 spiro atoms. The summed E-state index contributed by atoms with van der Waals surface area (Å²) in [5.41, 5.74) is 0.986. The van der Waals surface area contributed by atoms with Crippen LogP contribution in [0.3, 0.4) is 0 Å². The summed E-state index contributed by atoms with van der Waals surface area (Å²) in [6, 6.07) is 9.22. The Balaban J connectivity index is 2.87. The van der Waals surface area contributed by atoms with Gasteiger partial charge in [0, 0.05) is 12.8 Å². The van der Waals surface area contributed by atoms with Gasteiger partial charge in [0.15, 0.2) is 0 Å². The fraction of sp³-hybridized carbons (Fsp3) is 0.412. The molecule has 5 heteroatoms. The zero-order valence-corrected chi connectivity index (χ0v) is 13.2. The van der Waals surface area contributed by atoms with E-state index in [1.165, 1.54) is 12.0 Å². The molecule has 1 rings (SSSR count). The third-order valence-electron chi connectivity index (χ3n) is 2.78. The van der Waals surface area contributed by atoms with Crippen molar-refractivity contribution in [1.29, 1.82) is 0 Å². The van der Waals surface area contributed by atoms with E-state index in [0.717, 1.165) is 5.56 Å². The van der Waals surface area contributed by atoms with Crippen LogP contribution >= 0.6 is 0 Å². The van der Waals surface area contributed by atoms with Gasteiger partial charge < -0.3 is 9.57 Å². The first kappa shape index (κ1) is 17.7. The van der Waals surface area contributed by atoms with Crippen LogP contribution in [-0.2, 0) is 25.7 Å². The van der Waals surface area contributed by atoms with E-state index in [1.807, 2.05) is 37.3 Å². The number of rotatable bonds is 6. The molecule has 1 unspecified atom stereocenters. The molecule has 0 saturated carbocycles. The molecule has 0 amide bonds. The number of esters is 1. The molecule has 0 aliphatic heterocycles. The van der Waals surface area contributed by atoms with Crippen molar-refractivity contribution >= 4 is 11.9 Å². The summed E-state index contributed by atoms with van der Waals surface area (Å²) in [5, 5.41) is 1.49. The average Bonchev–Trinajstić information content (AvgIpc) is 2.48. The number of carbonyl (C=O) groups is 2. The van der Waals surface area contributed by atoms with E-state index in [9.17, 15) is 9.59 Å². The van der Waals surface area contributed by atoms with Crippen LogP contribution in [0.4, 0.5) is 0 Å². The SMILES string of the molecule is CCOC(=O)C#CC(CC)N(Cc1ccccc1)OC(C)=O. The van der Waals surface area contributed by atoms with E-state index in [-0.39, 0.29) is 12.6 Å². The van der Waals surface area contributed by atoms with E-state index < -0.39 is 11.9 Å². The Morgan fingerprint density at radius 2 is 1.91 bits per heavy atom. The highest BCUT2D eigenvalue weighted by Gasteiger charge is 2.18. The van der Waals surface area contributed by atoms with E-state index in [0.29, 0.717) is 13.0 Å². The summed E-state index contributed by atoms with van der Waals surface area (Å²) in [7, 11) is 0. The quantitative estimate of drug-likeness (QED) is 0.349. The van der Waals surface area contributed by atoms with Gasteiger partial charge in [0.2, 0.25) is 0 Å². The minimum Gasteiger partial charge on any atom is -0.456 e. The average molecular weight is 303 g/mol. The number of benzene rings is 1. The van der Waals surface area contributed by atoms with Crippen molar-refractivity contribution in [1.82, 2.24) is 5.06 Å². The Hall–Kier alpha value is -2.32. The first-order chi connectivity index (χ1) is 10.6. The summed E-state index contributed by atoms with van der Waals surface area (Å²) < 4.78 is 4.78. The zero-order valence-electron chi connectivity index (χ0n) is 13.2. The zero-order chi connectivity index (χ0) is 16.4. The third kappa shape index (κ3) is 6.42. The van der Waals surface area contributed by atoms with E-state index in [2.05, 4.69) is 11.8 Å². The molecular formula is C17H21NO4. The van der Waals surface area contributed by atoms with Crippen molar-refractivity contribution in [2.75, 3.05) is 6.61 Å². The highest BCUT2D eigenvalue weighted by molar-refractivity contribution is 5.88. The second-order valence-electron chi connectivity index (χ2n) is 4.56. The molecule has 0 fully saturated rings. The number of carbonyl (C=O) groups excluding carboxylic acids is 2. The Labute approximate surface area is 131 Å². The van der Waals surface area contributed by atoms with Gasteiger partial charge in [-0.25, -0.2) is 4.79 Å². The number of hydroxylamine groups is 2. The maximum absolute atomic E-state index is 11.3. The normalized spacial score (nSPS) is 11.3. The monoisotopic (exact) mass is 303 g/mol. The van der Waals surface area contributed by atoms with E-state index >= 15 is 0 Å². The standard InChI is InChI=1S/C17H21NO4/c1-4-16(11-12-17(20)21-5-2)18(22-14(3)19)13-15-9-7-6-8-10-15/h6-10,16H,4-5,13H2,1-3H3. The summed E-state index contributed by atoms with van der Waals surface area (Å²) in [5.74, 6) is 4.23. The molecule has 22 heavy (non-hydrogen) atoms. The molecule has 0 aromatic heterocycles. The highest BCUT2D eigenvalue weighted by Crippen LogP contribution is 2.11. The lowest BCUT2D eigenvalue weighted by Crippen LogP contribution is -2.35. The van der Waals surface area contributed by atoms with Crippen molar-refractivity contribution < 1.29 is 19.2 Å². The maximum atomic E-state index is 11.3. The number of hydrogen-bond donors (Lipinski definition) is 0. The van der Waals surface area contributed by atoms with Crippen molar-refractivity contribution in [2.45, 2.75) is 39.8 Å². The second-order valence-corrected chi connectivity index (χ2v) is 4.56. The van der Waals surface area contributed by atoms with Gasteiger partial charge in [-0.3, -0.25) is 4.79 Å². The molecule has 5 nitrogen and oxygen atoms in total. The molecule has 1 aromatic rings. The molecular weight excluding hydrogens is 282 g/mol. The van der Waals surface area contributed by atoms with Crippen LogP contribution in [0.5, 0.6) is 0 Å². The molecule has 118 valence electrons. The first-order valence-electron chi connectivity index (χ1n) is 7.24. The van der Waals surface area contributed by atoms with Gasteiger partial charge in [0.1, 0.15) is 6.04 Å². The minimum absolute atomic E-state index is 0.280. The summed E-state index contributed by atoms with van der Waals surface area (Å²) in [6.07, 6.45) is 0.604.